The first-order valence-electron chi connectivity index (χ1n) is 6.72. The van der Waals surface area contributed by atoms with Gasteiger partial charge in [-0.1, -0.05) is 19.3 Å². The van der Waals surface area contributed by atoms with Gasteiger partial charge in [0.15, 0.2) is 0 Å². The number of thiophene rings is 1. The molecule has 2 N–H and O–H groups in total. The first-order valence-corrected chi connectivity index (χ1v) is 8.33. The van der Waals surface area contributed by atoms with E-state index < -0.39 is 11.4 Å². The van der Waals surface area contributed by atoms with E-state index in [0.29, 0.717) is 17.7 Å². The van der Waals surface area contributed by atoms with Crippen LogP contribution >= 0.6 is 27.3 Å². The zero-order valence-electron chi connectivity index (χ0n) is 11.4. The maximum Gasteiger partial charge on any atom is 0.311 e. The van der Waals surface area contributed by atoms with Crippen molar-refractivity contribution in [2.24, 2.45) is 5.41 Å². The molecule has 1 fully saturated rings. The standard InChI is InChI=1S/C14H18BrNO3S/c1-9-7-10(20-11(9)15)12(17)16-8-14(13(18)19)5-3-2-4-6-14/h7H,2-6,8H2,1H3,(H,16,17)(H,18,19). The van der Waals surface area contributed by atoms with Crippen molar-refractivity contribution in [3.8, 4) is 0 Å². The highest BCUT2D eigenvalue weighted by Crippen LogP contribution is 2.36. The molecule has 0 spiro atoms. The van der Waals surface area contributed by atoms with Crippen LogP contribution in [-0.4, -0.2) is 23.5 Å². The van der Waals surface area contributed by atoms with Crippen LogP contribution in [-0.2, 0) is 4.79 Å². The molecule has 20 heavy (non-hydrogen) atoms. The molecule has 6 heteroatoms. The average Bonchev–Trinajstić information content (AvgIpc) is 2.77. The topological polar surface area (TPSA) is 66.4 Å². The number of aryl methyl sites for hydroxylation is 1. The van der Waals surface area contributed by atoms with E-state index in [1.165, 1.54) is 11.3 Å². The summed E-state index contributed by atoms with van der Waals surface area (Å²) in [5, 5.41) is 12.3. The molecule has 4 nitrogen and oxygen atoms in total. The fourth-order valence-corrected chi connectivity index (χ4v) is 4.05. The zero-order chi connectivity index (χ0) is 14.8. The Kier molecular flexibility index (Phi) is 4.86. The molecule has 2 rings (SSSR count). The summed E-state index contributed by atoms with van der Waals surface area (Å²) in [5.41, 5.74) is 0.239. The lowest BCUT2D eigenvalue weighted by Crippen LogP contribution is -2.44. The second-order valence-electron chi connectivity index (χ2n) is 5.40. The minimum Gasteiger partial charge on any atom is -0.481 e. The third-order valence-corrected chi connectivity index (χ3v) is 6.07. The van der Waals surface area contributed by atoms with E-state index in [0.717, 1.165) is 28.6 Å². The van der Waals surface area contributed by atoms with E-state index in [9.17, 15) is 14.7 Å². The number of amides is 1. The molecule has 0 aliphatic heterocycles. The van der Waals surface area contributed by atoms with Crippen molar-refractivity contribution in [2.75, 3.05) is 6.54 Å². The summed E-state index contributed by atoms with van der Waals surface area (Å²) in [5.74, 6) is -0.976. The van der Waals surface area contributed by atoms with E-state index in [2.05, 4.69) is 21.2 Å². The number of nitrogens with one attached hydrogen (secondary N) is 1. The number of aliphatic carboxylic acids is 1. The second kappa shape index (κ2) is 6.26. The van der Waals surface area contributed by atoms with Gasteiger partial charge in [0.2, 0.25) is 0 Å². The minimum atomic E-state index is -0.791. The van der Waals surface area contributed by atoms with Crippen molar-refractivity contribution in [1.29, 1.82) is 0 Å². The summed E-state index contributed by atoms with van der Waals surface area (Å²) in [6, 6.07) is 1.82. The van der Waals surface area contributed by atoms with Crippen molar-refractivity contribution in [3.05, 3.63) is 20.3 Å². The van der Waals surface area contributed by atoms with Gasteiger partial charge in [-0.25, -0.2) is 0 Å². The van der Waals surface area contributed by atoms with Gasteiger partial charge in [0.05, 0.1) is 14.1 Å². The SMILES string of the molecule is Cc1cc(C(=O)NCC2(C(=O)O)CCCCC2)sc1Br. The molecule has 0 radical (unpaired) electrons. The van der Waals surface area contributed by atoms with Crippen molar-refractivity contribution < 1.29 is 14.7 Å². The Morgan fingerprint density at radius 3 is 2.55 bits per heavy atom. The second-order valence-corrected chi connectivity index (χ2v) is 7.77. The smallest absolute Gasteiger partial charge is 0.311 e. The molecule has 1 saturated carbocycles. The van der Waals surface area contributed by atoms with E-state index in [4.69, 9.17) is 0 Å². The van der Waals surface area contributed by atoms with Gasteiger partial charge in [-0.15, -0.1) is 11.3 Å². The number of hydrogen-bond donors (Lipinski definition) is 2. The van der Waals surface area contributed by atoms with E-state index in [1.807, 2.05) is 13.0 Å². The molecule has 110 valence electrons. The summed E-state index contributed by atoms with van der Waals surface area (Å²) in [4.78, 5) is 24.2. The number of hydrogen-bond acceptors (Lipinski definition) is 3. The van der Waals surface area contributed by atoms with Crippen LogP contribution in [0.15, 0.2) is 9.85 Å². The Labute approximate surface area is 130 Å². The van der Waals surface area contributed by atoms with Crippen molar-refractivity contribution in [1.82, 2.24) is 5.32 Å². The highest BCUT2D eigenvalue weighted by atomic mass is 79.9. The molecule has 0 atom stereocenters. The van der Waals surface area contributed by atoms with Gasteiger partial charge in [-0.3, -0.25) is 9.59 Å². The van der Waals surface area contributed by atoms with Crippen LogP contribution in [0.1, 0.15) is 47.3 Å². The number of rotatable bonds is 4. The average molecular weight is 360 g/mol. The summed E-state index contributed by atoms with van der Waals surface area (Å²) < 4.78 is 0.938. The first-order chi connectivity index (χ1) is 9.44. The van der Waals surface area contributed by atoms with Crippen LogP contribution in [0.25, 0.3) is 0 Å². The van der Waals surface area contributed by atoms with Gasteiger partial charge in [-0.05, 0) is 47.3 Å². The number of carbonyl (C=O) groups excluding carboxylic acids is 1. The van der Waals surface area contributed by atoms with Gasteiger partial charge < -0.3 is 10.4 Å². The molecule has 0 unspecified atom stereocenters. The highest BCUT2D eigenvalue weighted by molar-refractivity contribution is 9.11. The van der Waals surface area contributed by atoms with Crippen molar-refractivity contribution >= 4 is 39.1 Å². The molecule has 1 aromatic rings. The Bertz CT molecular complexity index is 501. The van der Waals surface area contributed by atoms with E-state index >= 15 is 0 Å². The normalized spacial score (nSPS) is 17.7. The molecule has 1 amide bonds. The van der Waals surface area contributed by atoms with Crippen LogP contribution < -0.4 is 5.32 Å². The van der Waals surface area contributed by atoms with Gasteiger partial charge in [0, 0.05) is 6.54 Å². The zero-order valence-corrected chi connectivity index (χ0v) is 13.8. The van der Waals surface area contributed by atoms with E-state index in [1.54, 1.807) is 0 Å². The van der Waals surface area contributed by atoms with Gasteiger partial charge in [0.1, 0.15) is 0 Å². The minimum absolute atomic E-state index is 0.185. The predicted octanol–water partition coefficient (Wildman–Crippen LogP) is 3.58. The third kappa shape index (κ3) is 3.23. The van der Waals surface area contributed by atoms with E-state index in [-0.39, 0.29) is 12.5 Å². The Hall–Kier alpha value is -0.880. The lowest BCUT2D eigenvalue weighted by atomic mass is 9.74. The Morgan fingerprint density at radius 1 is 1.40 bits per heavy atom. The number of carboxylic acids is 1. The fourth-order valence-electron chi connectivity index (χ4n) is 2.60. The number of carboxylic acid groups (broad SMARTS) is 1. The van der Waals surface area contributed by atoms with Gasteiger partial charge in [0.25, 0.3) is 5.91 Å². The molecule has 1 aliphatic carbocycles. The van der Waals surface area contributed by atoms with Crippen LogP contribution in [0.2, 0.25) is 0 Å². The fraction of sp³-hybridized carbons (Fsp3) is 0.571. The summed E-state index contributed by atoms with van der Waals surface area (Å²) in [7, 11) is 0. The molecule has 1 heterocycles. The van der Waals surface area contributed by atoms with Crippen LogP contribution in [0.4, 0.5) is 0 Å². The first kappa shape index (κ1) is 15.5. The van der Waals surface area contributed by atoms with Gasteiger partial charge >= 0.3 is 5.97 Å². The third-order valence-electron chi connectivity index (χ3n) is 3.93. The molecule has 0 aromatic carbocycles. The lowest BCUT2D eigenvalue weighted by molar-refractivity contribution is -0.150. The predicted molar refractivity (Wildman–Crippen MR) is 82.2 cm³/mol. The van der Waals surface area contributed by atoms with Crippen LogP contribution in [0.3, 0.4) is 0 Å². The molecule has 0 bridgehead atoms. The monoisotopic (exact) mass is 359 g/mol. The molecular formula is C14H18BrNO3S. The van der Waals surface area contributed by atoms with Crippen molar-refractivity contribution in [3.63, 3.8) is 0 Å². The maximum absolute atomic E-state index is 12.1. The lowest BCUT2D eigenvalue weighted by Gasteiger charge is -2.33. The van der Waals surface area contributed by atoms with Crippen molar-refractivity contribution in [2.45, 2.75) is 39.0 Å². The summed E-state index contributed by atoms with van der Waals surface area (Å²) >= 11 is 4.76. The molecule has 1 aromatic heterocycles. The maximum atomic E-state index is 12.1. The van der Waals surface area contributed by atoms with Crippen LogP contribution in [0.5, 0.6) is 0 Å². The van der Waals surface area contributed by atoms with Crippen LogP contribution in [0, 0.1) is 12.3 Å². The molecular weight excluding hydrogens is 342 g/mol. The number of halogens is 1. The number of carbonyl (C=O) groups is 2. The molecule has 0 saturated heterocycles. The summed E-state index contributed by atoms with van der Waals surface area (Å²) in [6.45, 7) is 2.15. The summed E-state index contributed by atoms with van der Waals surface area (Å²) in [6.07, 6.45) is 4.23. The molecule has 1 aliphatic rings. The Balaban J connectivity index is 2.02. The van der Waals surface area contributed by atoms with Gasteiger partial charge in [-0.2, -0.15) is 0 Å². The Morgan fingerprint density at radius 2 is 2.05 bits per heavy atom. The quantitative estimate of drug-likeness (QED) is 0.863. The highest BCUT2D eigenvalue weighted by Gasteiger charge is 2.39. The largest absolute Gasteiger partial charge is 0.481 e.